The monoisotopic (exact) mass is 246 g/mol. The molecule has 0 aliphatic heterocycles. The first kappa shape index (κ1) is 10.1. The van der Waals surface area contributed by atoms with Crippen LogP contribution in [-0.2, 0) is 0 Å². The summed E-state index contributed by atoms with van der Waals surface area (Å²) in [6.07, 6.45) is 1.10. The Hall–Kier alpha value is -0.0100. The van der Waals surface area contributed by atoms with E-state index >= 15 is 0 Å². The minimum Gasteiger partial charge on any atom is -0.0843 e. The van der Waals surface area contributed by atoms with Gasteiger partial charge < -0.3 is 0 Å². The van der Waals surface area contributed by atoms with Crippen molar-refractivity contribution >= 4 is 27.5 Å². The molecule has 1 unspecified atom stereocenters. The van der Waals surface area contributed by atoms with Crippen LogP contribution in [0.4, 0.5) is 0 Å². The van der Waals surface area contributed by atoms with Crippen molar-refractivity contribution < 1.29 is 0 Å². The van der Waals surface area contributed by atoms with Crippen LogP contribution in [0.5, 0.6) is 0 Å². The molecule has 0 spiro atoms. The zero-order valence-corrected chi connectivity index (χ0v) is 9.61. The zero-order chi connectivity index (χ0) is 9.14. The summed E-state index contributed by atoms with van der Waals surface area (Å²) >= 11 is 9.47. The fourth-order valence-electron chi connectivity index (χ4n) is 1.21. The lowest BCUT2D eigenvalue weighted by Gasteiger charge is -2.10. The first-order valence-corrected chi connectivity index (χ1v) is 5.34. The van der Waals surface area contributed by atoms with Crippen molar-refractivity contribution in [1.82, 2.24) is 0 Å². The van der Waals surface area contributed by atoms with Crippen LogP contribution in [0.25, 0.3) is 0 Å². The molecule has 66 valence electrons. The molecule has 0 aliphatic carbocycles. The van der Waals surface area contributed by atoms with Crippen LogP contribution in [0.2, 0.25) is 5.02 Å². The fraction of sp³-hybridized carbons (Fsp3) is 0.400. The molecule has 0 aliphatic rings. The highest BCUT2D eigenvalue weighted by molar-refractivity contribution is 9.09. The van der Waals surface area contributed by atoms with Crippen molar-refractivity contribution in [2.24, 2.45) is 0 Å². The molecule has 0 amide bonds. The molecule has 0 fully saturated rings. The molecule has 0 radical (unpaired) electrons. The molecular formula is C10H12BrCl. The van der Waals surface area contributed by atoms with Gasteiger partial charge in [-0.2, -0.15) is 0 Å². The normalized spacial score (nSPS) is 13.0. The number of alkyl halides is 1. The molecule has 1 aromatic rings. The van der Waals surface area contributed by atoms with E-state index in [4.69, 9.17) is 11.6 Å². The summed E-state index contributed by atoms with van der Waals surface area (Å²) in [4.78, 5) is 0.453. The van der Waals surface area contributed by atoms with Crippen LogP contribution in [0, 0.1) is 6.92 Å². The molecule has 0 heterocycles. The maximum Gasteiger partial charge on any atom is 0.0408 e. The minimum atomic E-state index is 0.453. The van der Waals surface area contributed by atoms with E-state index in [-0.39, 0.29) is 0 Å². The van der Waals surface area contributed by atoms with Crippen LogP contribution < -0.4 is 0 Å². The van der Waals surface area contributed by atoms with Crippen molar-refractivity contribution in [3.8, 4) is 0 Å². The van der Waals surface area contributed by atoms with Crippen LogP contribution in [0.3, 0.4) is 0 Å². The number of hydrogen-bond acceptors (Lipinski definition) is 0. The van der Waals surface area contributed by atoms with Gasteiger partial charge in [-0.15, -0.1) is 0 Å². The van der Waals surface area contributed by atoms with Gasteiger partial charge in [0.1, 0.15) is 0 Å². The van der Waals surface area contributed by atoms with Gasteiger partial charge in [0.2, 0.25) is 0 Å². The Bertz CT molecular complexity index is 271. The minimum absolute atomic E-state index is 0.453. The third-order valence-corrected chi connectivity index (χ3v) is 3.30. The maximum absolute atomic E-state index is 5.85. The van der Waals surface area contributed by atoms with Crippen molar-refractivity contribution in [2.45, 2.75) is 25.1 Å². The van der Waals surface area contributed by atoms with Gasteiger partial charge in [-0.1, -0.05) is 40.5 Å². The van der Waals surface area contributed by atoms with E-state index in [1.165, 1.54) is 11.1 Å². The van der Waals surface area contributed by atoms with Crippen LogP contribution in [0.1, 0.15) is 29.3 Å². The van der Waals surface area contributed by atoms with Gasteiger partial charge in [0, 0.05) is 9.85 Å². The maximum atomic E-state index is 5.85. The van der Waals surface area contributed by atoms with Crippen molar-refractivity contribution in [3.05, 3.63) is 34.3 Å². The fourth-order valence-corrected chi connectivity index (χ4v) is 1.95. The van der Waals surface area contributed by atoms with Gasteiger partial charge >= 0.3 is 0 Å². The summed E-state index contributed by atoms with van der Waals surface area (Å²) in [6, 6.07) is 6.02. The molecule has 1 rings (SSSR count). The first-order chi connectivity index (χ1) is 5.65. The Balaban J connectivity index is 3.01. The average Bonchev–Trinajstić information content (AvgIpc) is 2.03. The molecule has 1 aromatic carbocycles. The molecule has 12 heavy (non-hydrogen) atoms. The third kappa shape index (κ3) is 2.24. The number of rotatable bonds is 2. The van der Waals surface area contributed by atoms with Crippen molar-refractivity contribution in [1.29, 1.82) is 0 Å². The number of aryl methyl sites for hydroxylation is 1. The molecule has 0 saturated carbocycles. The lowest BCUT2D eigenvalue weighted by molar-refractivity contribution is 0.902. The van der Waals surface area contributed by atoms with E-state index < -0.39 is 0 Å². The third-order valence-electron chi connectivity index (χ3n) is 1.93. The Morgan fingerprint density at radius 3 is 2.67 bits per heavy atom. The second-order valence-electron chi connectivity index (χ2n) is 2.88. The quantitative estimate of drug-likeness (QED) is 0.675. The molecule has 0 aromatic heterocycles. The smallest absolute Gasteiger partial charge is 0.0408 e. The Morgan fingerprint density at radius 2 is 2.17 bits per heavy atom. The highest BCUT2D eigenvalue weighted by Gasteiger charge is 2.07. The number of benzene rings is 1. The SMILES string of the molecule is CCC(Br)c1ccc(Cl)cc1C. The Labute approximate surface area is 87.1 Å². The van der Waals surface area contributed by atoms with Gasteiger partial charge in [0.15, 0.2) is 0 Å². The Kier molecular flexibility index (Phi) is 3.60. The lowest BCUT2D eigenvalue weighted by atomic mass is 10.0. The molecule has 0 nitrogen and oxygen atoms in total. The predicted octanol–water partition coefficient (Wildman–Crippen LogP) is 4.49. The summed E-state index contributed by atoms with van der Waals surface area (Å²) in [5.41, 5.74) is 2.59. The highest BCUT2D eigenvalue weighted by atomic mass is 79.9. The Morgan fingerprint density at radius 1 is 1.50 bits per heavy atom. The second kappa shape index (κ2) is 4.29. The standard InChI is InChI=1S/C10H12BrCl/c1-3-10(11)9-5-4-8(12)6-7(9)2/h4-6,10H,3H2,1-2H3. The lowest BCUT2D eigenvalue weighted by Crippen LogP contribution is -1.91. The van der Waals surface area contributed by atoms with Crippen molar-refractivity contribution in [2.75, 3.05) is 0 Å². The number of halogens is 2. The van der Waals surface area contributed by atoms with Crippen molar-refractivity contribution in [3.63, 3.8) is 0 Å². The van der Waals surface area contributed by atoms with E-state index in [0.717, 1.165) is 11.4 Å². The summed E-state index contributed by atoms with van der Waals surface area (Å²) in [5, 5.41) is 0.812. The van der Waals surface area contributed by atoms with Crippen LogP contribution >= 0.6 is 27.5 Å². The summed E-state index contributed by atoms with van der Waals surface area (Å²) in [5.74, 6) is 0. The van der Waals surface area contributed by atoms with Gasteiger partial charge in [-0.05, 0) is 36.6 Å². The zero-order valence-electron chi connectivity index (χ0n) is 7.27. The van der Waals surface area contributed by atoms with E-state index in [9.17, 15) is 0 Å². The molecule has 0 bridgehead atoms. The highest BCUT2D eigenvalue weighted by Crippen LogP contribution is 2.29. The summed E-state index contributed by atoms with van der Waals surface area (Å²) in [7, 11) is 0. The van der Waals surface area contributed by atoms with E-state index in [1.54, 1.807) is 0 Å². The van der Waals surface area contributed by atoms with Crippen LogP contribution in [0.15, 0.2) is 18.2 Å². The van der Waals surface area contributed by atoms with Gasteiger partial charge in [0.05, 0.1) is 0 Å². The summed E-state index contributed by atoms with van der Waals surface area (Å²) < 4.78 is 0. The molecule has 1 atom stereocenters. The molecule has 0 saturated heterocycles. The summed E-state index contributed by atoms with van der Waals surface area (Å²) in [6.45, 7) is 4.25. The predicted molar refractivity (Wildman–Crippen MR) is 58.1 cm³/mol. The average molecular weight is 248 g/mol. The molecule has 2 heteroatoms. The van der Waals surface area contributed by atoms with E-state index in [2.05, 4.69) is 35.8 Å². The van der Waals surface area contributed by atoms with Gasteiger partial charge in [-0.3, -0.25) is 0 Å². The number of hydrogen-bond donors (Lipinski definition) is 0. The molecular weight excluding hydrogens is 235 g/mol. The topological polar surface area (TPSA) is 0 Å². The van der Waals surface area contributed by atoms with E-state index in [1.807, 2.05) is 12.1 Å². The van der Waals surface area contributed by atoms with Crippen LogP contribution in [-0.4, -0.2) is 0 Å². The first-order valence-electron chi connectivity index (χ1n) is 4.05. The second-order valence-corrected chi connectivity index (χ2v) is 4.42. The molecule has 0 N–H and O–H groups in total. The van der Waals surface area contributed by atoms with E-state index in [0.29, 0.717) is 4.83 Å². The van der Waals surface area contributed by atoms with Gasteiger partial charge in [-0.25, -0.2) is 0 Å². The van der Waals surface area contributed by atoms with Gasteiger partial charge in [0.25, 0.3) is 0 Å². The largest absolute Gasteiger partial charge is 0.0843 e.